The summed E-state index contributed by atoms with van der Waals surface area (Å²) in [7, 11) is 1.73. The summed E-state index contributed by atoms with van der Waals surface area (Å²) >= 11 is 1.07. The van der Waals surface area contributed by atoms with E-state index in [4.69, 9.17) is 0 Å². The molecule has 0 spiro atoms. The molecule has 1 unspecified atom stereocenters. The average Bonchev–Trinajstić information content (AvgIpc) is 2.85. The fourth-order valence-corrected chi connectivity index (χ4v) is 2.64. The van der Waals surface area contributed by atoms with Gasteiger partial charge in [-0.15, -0.1) is 11.3 Å². The first-order chi connectivity index (χ1) is 9.32. The van der Waals surface area contributed by atoms with Crippen molar-refractivity contribution in [3.63, 3.8) is 0 Å². The maximum Gasteiger partial charge on any atom is 0.417 e. The van der Waals surface area contributed by atoms with E-state index >= 15 is 0 Å². The van der Waals surface area contributed by atoms with Crippen molar-refractivity contribution in [3.05, 3.63) is 40.7 Å². The third-order valence-electron chi connectivity index (χ3n) is 2.92. The van der Waals surface area contributed by atoms with Gasteiger partial charge in [0.15, 0.2) is 0 Å². The van der Waals surface area contributed by atoms with Crippen molar-refractivity contribution in [3.8, 4) is 10.6 Å². The number of halogens is 4. The Hall–Kier alpha value is -1.47. The lowest BCUT2D eigenvalue weighted by atomic mass is 10.1. The number of hydrogen-bond acceptors (Lipinski definition) is 3. The van der Waals surface area contributed by atoms with Crippen molar-refractivity contribution in [2.75, 3.05) is 7.05 Å². The summed E-state index contributed by atoms with van der Waals surface area (Å²) in [6.45, 7) is 1.84. The van der Waals surface area contributed by atoms with Gasteiger partial charge in [-0.3, -0.25) is 0 Å². The van der Waals surface area contributed by atoms with Gasteiger partial charge in [0.05, 0.1) is 11.3 Å². The molecule has 0 bridgehead atoms. The molecule has 0 saturated carbocycles. The van der Waals surface area contributed by atoms with Gasteiger partial charge in [0.1, 0.15) is 10.8 Å². The van der Waals surface area contributed by atoms with Crippen molar-refractivity contribution in [2.45, 2.75) is 19.1 Å². The van der Waals surface area contributed by atoms with Crippen LogP contribution in [-0.2, 0) is 6.18 Å². The molecule has 0 aliphatic heterocycles. The van der Waals surface area contributed by atoms with E-state index in [9.17, 15) is 17.6 Å². The zero-order chi connectivity index (χ0) is 14.9. The van der Waals surface area contributed by atoms with Gasteiger partial charge in [-0.05, 0) is 32.2 Å². The summed E-state index contributed by atoms with van der Waals surface area (Å²) in [5.41, 5.74) is -0.473. The molecule has 2 nitrogen and oxygen atoms in total. The van der Waals surface area contributed by atoms with Gasteiger partial charge in [-0.2, -0.15) is 13.2 Å². The number of nitrogens with one attached hydrogen (secondary N) is 1. The van der Waals surface area contributed by atoms with E-state index in [1.165, 1.54) is 0 Å². The molecule has 7 heteroatoms. The smallest absolute Gasteiger partial charge is 0.312 e. The molecule has 1 heterocycles. The topological polar surface area (TPSA) is 24.9 Å². The first-order valence-electron chi connectivity index (χ1n) is 5.82. The Morgan fingerprint density at radius 1 is 1.30 bits per heavy atom. The minimum atomic E-state index is -4.54. The zero-order valence-electron chi connectivity index (χ0n) is 10.8. The molecule has 0 aliphatic carbocycles. The highest BCUT2D eigenvalue weighted by Gasteiger charge is 2.34. The van der Waals surface area contributed by atoms with Gasteiger partial charge in [-0.1, -0.05) is 0 Å². The number of thiazole rings is 1. The molecule has 0 aliphatic rings. The highest BCUT2D eigenvalue weighted by atomic mass is 32.1. The molecule has 0 saturated heterocycles. The van der Waals surface area contributed by atoms with E-state index in [2.05, 4.69) is 10.3 Å². The lowest BCUT2D eigenvalue weighted by Crippen LogP contribution is -2.12. The molecular weight excluding hydrogens is 292 g/mol. The normalized spacial score (nSPS) is 13.5. The monoisotopic (exact) mass is 304 g/mol. The predicted molar refractivity (Wildman–Crippen MR) is 70.0 cm³/mol. The summed E-state index contributed by atoms with van der Waals surface area (Å²) in [5.74, 6) is -0.716. The second kappa shape index (κ2) is 5.49. The lowest BCUT2D eigenvalue weighted by Gasteiger charge is -2.11. The van der Waals surface area contributed by atoms with Gasteiger partial charge in [0, 0.05) is 17.0 Å². The van der Waals surface area contributed by atoms with Crippen LogP contribution >= 0.6 is 11.3 Å². The van der Waals surface area contributed by atoms with E-state index in [0.717, 1.165) is 29.5 Å². The summed E-state index contributed by atoms with van der Waals surface area (Å²) < 4.78 is 52.1. The van der Waals surface area contributed by atoms with E-state index in [0.29, 0.717) is 5.69 Å². The SMILES string of the molecule is CNC(C)c1csc(-c2cc(F)ccc2C(F)(F)F)n1. The Balaban J connectivity index is 2.51. The molecule has 1 N–H and O–H groups in total. The highest BCUT2D eigenvalue weighted by Crippen LogP contribution is 2.38. The van der Waals surface area contributed by atoms with E-state index < -0.39 is 17.6 Å². The van der Waals surface area contributed by atoms with Gasteiger partial charge in [0.25, 0.3) is 0 Å². The molecule has 108 valence electrons. The van der Waals surface area contributed by atoms with Gasteiger partial charge in [0.2, 0.25) is 0 Å². The quantitative estimate of drug-likeness (QED) is 0.858. The van der Waals surface area contributed by atoms with Crippen LogP contribution in [-0.4, -0.2) is 12.0 Å². The second-order valence-corrected chi connectivity index (χ2v) is 5.13. The highest BCUT2D eigenvalue weighted by molar-refractivity contribution is 7.13. The molecular formula is C13H12F4N2S. The largest absolute Gasteiger partial charge is 0.417 e. The first kappa shape index (κ1) is 14.9. The average molecular weight is 304 g/mol. The Bertz CT molecular complexity index is 607. The molecule has 0 fully saturated rings. The van der Waals surface area contributed by atoms with Crippen LogP contribution in [0.15, 0.2) is 23.6 Å². The van der Waals surface area contributed by atoms with Crippen molar-refractivity contribution in [1.82, 2.24) is 10.3 Å². The van der Waals surface area contributed by atoms with E-state index in [1.54, 1.807) is 12.4 Å². The van der Waals surface area contributed by atoms with Crippen molar-refractivity contribution in [1.29, 1.82) is 0 Å². The van der Waals surface area contributed by atoms with Crippen LogP contribution in [0.1, 0.15) is 24.2 Å². The van der Waals surface area contributed by atoms with E-state index in [-0.39, 0.29) is 16.6 Å². The molecule has 2 rings (SSSR count). The van der Waals surface area contributed by atoms with Crippen LogP contribution in [0, 0.1) is 5.82 Å². The van der Waals surface area contributed by atoms with E-state index in [1.807, 2.05) is 6.92 Å². The van der Waals surface area contributed by atoms with Crippen molar-refractivity contribution in [2.24, 2.45) is 0 Å². The number of rotatable bonds is 3. The number of nitrogens with zero attached hydrogens (tertiary/aromatic N) is 1. The molecule has 1 aromatic heterocycles. The number of aromatic nitrogens is 1. The predicted octanol–water partition coefficient (Wildman–Crippen LogP) is 4.25. The van der Waals surface area contributed by atoms with Gasteiger partial charge in [-0.25, -0.2) is 9.37 Å². The van der Waals surface area contributed by atoms with Crippen molar-refractivity contribution >= 4 is 11.3 Å². The van der Waals surface area contributed by atoms with Gasteiger partial charge < -0.3 is 5.32 Å². The number of hydrogen-bond donors (Lipinski definition) is 1. The molecule has 0 amide bonds. The molecule has 1 aromatic carbocycles. The van der Waals surface area contributed by atoms with Crippen molar-refractivity contribution < 1.29 is 17.6 Å². The lowest BCUT2D eigenvalue weighted by molar-refractivity contribution is -0.137. The molecule has 2 aromatic rings. The van der Waals surface area contributed by atoms with Crippen LogP contribution < -0.4 is 5.32 Å². The third-order valence-corrected chi connectivity index (χ3v) is 3.81. The van der Waals surface area contributed by atoms with Crippen LogP contribution in [0.5, 0.6) is 0 Å². The maximum absolute atomic E-state index is 13.2. The molecule has 0 radical (unpaired) electrons. The number of benzene rings is 1. The summed E-state index contributed by atoms with van der Waals surface area (Å²) in [6.07, 6.45) is -4.54. The van der Waals surface area contributed by atoms with Gasteiger partial charge >= 0.3 is 6.18 Å². The maximum atomic E-state index is 13.2. The van der Waals surface area contributed by atoms with Crippen LogP contribution in [0.25, 0.3) is 10.6 Å². The Kier molecular flexibility index (Phi) is 4.10. The minimum absolute atomic E-state index is 0.0807. The molecule has 20 heavy (non-hydrogen) atoms. The zero-order valence-corrected chi connectivity index (χ0v) is 11.6. The van der Waals surface area contributed by atoms with Crippen LogP contribution in [0.3, 0.4) is 0 Å². The number of alkyl halides is 3. The minimum Gasteiger partial charge on any atom is -0.312 e. The Morgan fingerprint density at radius 3 is 2.60 bits per heavy atom. The van der Waals surface area contributed by atoms with Crippen LogP contribution in [0.4, 0.5) is 17.6 Å². The summed E-state index contributed by atoms with van der Waals surface area (Å²) in [5, 5.41) is 4.78. The second-order valence-electron chi connectivity index (χ2n) is 4.28. The standard InChI is InChI=1S/C13H12F4N2S/c1-7(18-2)11-6-20-12(19-11)9-5-8(14)3-4-10(9)13(15,16)17/h3-7,18H,1-2H3. The summed E-state index contributed by atoms with van der Waals surface area (Å²) in [6, 6.07) is 2.34. The van der Waals surface area contributed by atoms with Crippen LogP contribution in [0.2, 0.25) is 0 Å². The Morgan fingerprint density at radius 2 is 2.00 bits per heavy atom. The first-order valence-corrected chi connectivity index (χ1v) is 6.70. The Labute approximate surface area is 117 Å². The summed E-state index contributed by atoms with van der Waals surface area (Å²) in [4.78, 5) is 4.16. The molecule has 1 atom stereocenters. The fraction of sp³-hybridized carbons (Fsp3) is 0.308. The third kappa shape index (κ3) is 2.99. The fourth-order valence-electron chi connectivity index (χ4n) is 1.70.